The Balaban J connectivity index is 1.98. The Labute approximate surface area is 189 Å². The van der Waals surface area contributed by atoms with Gasteiger partial charge in [-0.05, 0) is 19.3 Å². The average molecular weight is 419 g/mol. The number of rotatable bonds is 22. The van der Waals surface area contributed by atoms with Gasteiger partial charge in [0.15, 0.2) is 0 Å². The molecule has 0 amide bonds. The summed E-state index contributed by atoms with van der Waals surface area (Å²) in [6, 6.07) is 0. The van der Waals surface area contributed by atoms with E-state index in [2.05, 4.69) is 31.7 Å². The smallest absolute Gasteiger partial charge is 0.108 e. The molecule has 1 aromatic rings. The SMILES string of the molecule is CCCCCCCCCCCCc1cnc(CCCCCCCCCCCC)n1C. The van der Waals surface area contributed by atoms with Gasteiger partial charge in [0.05, 0.1) is 0 Å². The Morgan fingerprint density at radius 3 is 1.33 bits per heavy atom. The molecule has 0 fully saturated rings. The normalized spacial score (nSPS) is 11.4. The van der Waals surface area contributed by atoms with Crippen molar-refractivity contribution in [3.05, 3.63) is 17.7 Å². The van der Waals surface area contributed by atoms with E-state index < -0.39 is 0 Å². The maximum Gasteiger partial charge on any atom is 0.108 e. The van der Waals surface area contributed by atoms with Gasteiger partial charge in [0.2, 0.25) is 0 Å². The van der Waals surface area contributed by atoms with Crippen molar-refractivity contribution >= 4 is 0 Å². The highest BCUT2D eigenvalue weighted by Gasteiger charge is 2.06. The summed E-state index contributed by atoms with van der Waals surface area (Å²) in [5.74, 6) is 1.30. The fourth-order valence-corrected chi connectivity index (χ4v) is 4.52. The van der Waals surface area contributed by atoms with Crippen LogP contribution < -0.4 is 0 Å². The van der Waals surface area contributed by atoms with Gasteiger partial charge in [-0.25, -0.2) is 4.98 Å². The fraction of sp³-hybridized carbons (Fsp3) is 0.893. The maximum atomic E-state index is 4.72. The van der Waals surface area contributed by atoms with E-state index in [0.29, 0.717) is 0 Å². The van der Waals surface area contributed by atoms with E-state index in [1.807, 2.05) is 0 Å². The van der Waals surface area contributed by atoms with Gasteiger partial charge in [0.1, 0.15) is 5.82 Å². The van der Waals surface area contributed by atoms with Gasteiger partial charge < -0.3 is 4.57 Å². The summed E-state index contributed by atoms with van der Waals surface area (Å²) < 4.78 is 2.38. The molecule has 2 nitrogen and oxygen atoms in total. The fourth-order valence-electron chi connectivity index (χ4n) is 4.52. The molecule has 0 aliphatic heterocycles. The lowest BCUT2D eigenvalue weighted by molar-refractivity contribution is 0.549. The summed E-state index contributed by atoms with van der Waals surface area (Å²) in [5, 5.41) is 0. The van der Waals surface area contributed by atoms with Crippen LogP contribution >= 0.6 is 0 Å². The Kier molecular flexibility index (Phi) is 18.3. The van der Waals surface area contributed by atoms with E-state index in [1.54, 1.807) is 0 Å². The van der Waals surface area contributed by atoms with Crippen molar-refractivity contribution < 1.29 is 0 Å². The molecule has 1 rings (SSSR count). The van der Waals surface area contributed by atoms with Gasteiger partial charge in [-0.2, -0.15) is 0 Å². The first-order valence-electron chi connectivity index (χ1n) is 13.8. The van der Waals surface area contributed by atoms with Crippen LogP contribution in [-0.2, 0) is 19.9 Å². The number of nitrogens with zero attached hydrogens (tertiary/aromatic N) is 2. The number of aryl methyl sites for hydroxylation is 2. The first-order valence-corrected chi connectivity index (χ1v) is 13.8. The second kappa shape index (κ2) is 20.1. The van der Waals surface area contributed by atoms with E-state index in [9.17, 15) is 0 Å². The molecule has 0 aliphatic rings. The molecular formula is C28H54N2. The lowest BCUT2D eigenvalue weighted by atomic mass is 10.1. The molecule has 0 aromatic carbocycles. The average Bonchev–Trinajstić information content (AvgIpc) is 3.10. The number of imidazole rings is 1. The molecule has 0 aliphatic carbocycles. The van der Waals surface area contributed by atoms with Crippen LogP contribution in [0.25, 0.3) is 0 Å². The second-order valence-corrected chi connectivity index (χ2v) is 9.59. The summed E-state index contributed by atoms with van der Waals surface area (Å²) in [7, 11) is 2.23. The van der Waals surface area contributed by atoms with Gasteiger partial charge in [-0.15, -0.1) is 0 Å². The summed E-state index contributed by atoms with van der Waals surface area (Å²) in [4.78, 5) is 4.72. The summed E-state index contributed by atoms with van der Waals surface area (Å²) in [6.07, 6.45) is 32.7. The zero-order valence-corrected chi connectivity index (χ0v) is 21.0. The van der Waals surface area contributed by atoms with E-state index >= 15 is 0 Å². The molecule has 0 unspecified atom stereocenters. The standard InChI is InChI=1S/C28H54N2/c1-4-6-8-10-12-14-16-18-20-22-24-27-26-29-28(30(27)3)25-23-21-19-17-15-13-11-9-7-5-2/h26H,4-25H2,1-3H3. The lowest BCUT2D eigenvalue weighted by Crippen LogP contribution is -2.02. The molecule has 0 radical (unpaired) electrons. The van der Waals surface area contributed by atoms with Crippen molar-refractivity contribution in [2.24, 2.45) is 7.05 Å². The zero-order valence-electron chi connectivity index (χ0n) is 21.0. The minimum atomic E-state index is 1.16. The van der Waals surface area contributed by atoms with Gasteiger partial charge >= 0.3 is 0 Å². The molecule has 0 N–H and O–H groups in total. The van der Waals surface area contributed by atoms with Crippen LogP contribution in [0.2, 0.25) is 0 Å². The number of hydrogen-bond donors (Lipinski definition) is 0. The van der Waals surface area contributed by atoms with Crippen molar-refractivity contribution in [1.82, 2.24) is 9.55 Å². The second-order valence-electron chi connectivity index (χ2n) is 9.59. The van der Waals surface area contributed by atoms with Crippen LogP contribution in [0, 0.1) is 0 Å². The lowest BCUT2D eigenvalue weighted by Gasteiger charge is -2.07. The predicted molar refractivity (Wildman–Crippen MR) is 134 cm³/mol. The zero-order chi connectivity index (χ0) is 21.7. The quantitative estimate of drug-likeness (QED) is 0.171. The Bertz CT molecular complexity index is 435. The molecule has 1 heterocycles. The first kappa shape index (κ1) is 27.2. The molecule has 2 heteroatoms. The summed E-state index contributed by atoms with van der Waals surface area (Å²) >= 11 is 0. The molecule has 1 aromatic heterocycles. The van der Waals surface area contributed by atoms with Crippen LogP contribution in [0.15, 0.2) is 6.20 Å². The van der Waals surface area contributed by atoms with E-state index in [0.717, 1.165) is 6.42 Å². The molecule has 0 saturated carbocycles. The maximum absolute atomic E-state index is 4.72. The minimum absolute atomic E-state index is 1.16. The van der Waals surface area contributed by atoms with Crippen molar-refractivity contribution in [2.45, 2.75) is 155 Å². The number of hydrogen-bond acceptors (Lipinski definition) is 1. The topological polar surface area (TPSA) is 17.8 Å². The third-order valence-electron chi connectivity index (χ3n) is 6.72. The van der Waals surface area contributed by atoms with E-state index in [4.69, 9.17) is 4.98 Å². The number of unbranched alkanes of at least 4 members (excludes halogenated alkanes) is 18. The van der Waals surface area contributed by atoms with Crippen molar-refractivity contribution in [3.63, 3.8) is 0 Å². The van der Waals surface area contributed by atoms with Crippen molar-refractivity contribution in [2.75, 3.05) is 0 Å². The minimum Gasteiger partial charge on any atom is -0.335 e. The summed E-state index contributed by atoms with van der Waals surface area (Å²) in [5.41, 5.74) is 1.44. The van der Waals surface area contributed by atoms with Crippen LogP contribution in [-0.4, -0.2) is 9.55 Å². The van der Waals surface area contributed by atoms with Gasteiger partial charge in [0.25, 0.3) is 0 Å². The van der Waals surface area contributed by atoms with Gasteiger partial charge in [-0.1, -0.05) is 129 Å². The third kappa shape index (κ3) is 14.3. The molecular weight excluding hydrogens is 364 g/mol. The van der Waals surface area contributed by atoms with Gasteiger partial charge in [0, 0.05) is 25.4 Å². The first-order chi connectivity index (χ1) is 14.8. The monoisotopic (exact) mass is 418 g/mol. The van der Waals surface area contributed by atoms with Gasteiger partial charge in [-0.3, -0.25) is 0 Å². The van der Waals surface area contributed by atoms with Crippen LogP contribution in [0.5, 0.6) is 0 Å². The molecule has 0 bridgehead atoms. The highest BCUT2D eigenvalue weighted by molar-refractivity contribution is 5.05. The van der Waals surface area contributed by atoms with Crippen molar-refractivity contribution in [1.29, 1.82) is 0 Å². The van der Waals surface area contributed by atoms with E-state index in [-0.39, 0.29) is 0 Å². The third-order valence-corrected chi connectivity index (χ3v) is 6.72. The Morgan fingerprint density at radius 1 is 0.533 bits per heavy atom. The summed E-state index contributed by atoms with van der Waals surface area (Å²) in [6.45, 7) is 4.59. The molecule has 0 spiro atoms. The molecule has 30 heavy (non-hydrogen) atoms. The molecule has 0 saturated heterocycles. The number of aromatic nitrogens is 2. The largest absolute Gasteiger partial charge is 0.335 e. The van der Waals surface area contributed by atoms with E-state index in [1.165, 1.54) is 146 Å². The predicted octanol–water partition coefficient (Wildman–Crippen LogP) is 9.35. The molecule has 176 valence electrons. The highest BCUT2D eigenvalue weighted by atomic mass is 15.1. The van der Waals surface area contributed by atoms with Crippen LogP contribution in [0.3, 0.4) is 0 Å². The van der Waals surface area contributed by atoms with Crippen LogP contribution in [0.4, 0.5) is 0 Å². The van der Waals surface area contributed by atoms with Crippen molar-refractivity contribution in [3.8, 4) is 0 Å². The molecule has 0 atom stereocenters. The highest BCUT2D eigenvalue weighted by Crippen LogP contribution is 2.15. The Morgan fingerprint density at radius 2 is 0.900 bits per heavy atom. The van der Waals surface area contributed by atoms with Crippen LogP contribution in [0.1, 0.15) is 154 Å². The Hall–Kier alpha value is -0.790.